The van der Waals surface area contributed by atoms with Crippen molar-refractivity contribution < 1.29 is 8.78 Å². The highest BCUT2D eigenvalue weighted by molar-refractivity contribution is 5.24. The van der Waals surface area contributed by atoms with E-state index >= 15 is 0 Å². The van der Waals surface area contributed by atoms with Gasteiger partial charge in [0.25, 0.3) is 0 Å². The fraction of sp³-hybridized carbons (Fsp3) is 0.600. The Balaban J connectivity index is 3.00. The van der Waals surface area contributed by atoms with E-state index in [2.05, 4.69) is 20.8 Å². The first-order valence-electron chi connectivity index (χ1n) is 6.74. The number of rotatable bonds is 6. The number of nitrogens with zero attached hydrogens (tertiary/aromatic N) is 1. The Morgan fingerprint density at radius 1 is 1.16 bits per heavy atom. The smallest absolute Gasteiger partial charge is 0.130 e. The Bertz CT molecular complexity index is 387. The molecule has 0 radical (unpaired) electrons. The number of benzene rings is 1. The van der Waals surface area contributed by atoms with Crippen LogP contribution in [0.4, 0.5) is 8.78 Å². The van der Waals surface area contributed by atoms with E-state index in [4.69, 9.17) is 5.73 Å². The number of likely N-dealkylation sites (N-methyl/N-ethyl adjacent to an activating group) is 1. The molecule has 2 N–H and O–H groups in total. The fourth-order valence-corrected chi connectivity index (χ4v) is 2.47. The van der Waals surface area contributed by atoms with E-state index in [9.17, 15) is 8.78 Å². The topological polar surface area (TPSA) is 29.3 Å². The molecule has 0 aliphatic rings. The van der Waals surface area contributed by atoms with Crippen molar-refractivity contribution in [3.63, 3.8) is 0 Å². The molecule has 0 spiro atoms. The predicted molar refractivity (Wildman–Crippen MR) is 74.8 cm³/mol. The zero-order valence-corrected chi connectivity index (χ0v) is 12.2. The Hall–Kier alpha value is -1.00. The van der Waals surface area contributed by atoms with E-state index in [1.807, 2.05) is 11.9 Å². The largest absolute Gasteiger partial charge is 0.329 e. The number of nitrogens with two attached hydrogens (primary N) is 1. The zero-order valence-electron chi connectivity index (χ0n) is 12.2. The van der Waals surface area contributed by atoms with Crippen LogP contribution in [0, 0.1) is 17.6 Å². The zero-order chi connectivity index (χ0) is 14.6. The van der Waals surface area contributed by atoms with E-state index in [0.29, 0.717) is 5.92 Å². The second-order valence-electron chi connectivity index (χ2n) is 5.53. The third-order valence-corrected chi connectivity index (χ3v) is 3.56. The third kappa shape index (κ3) is 3.98. The van der Waals surface area contributed by atoms with E-state index < -0.39 is 17.7 Å². The summed E-state index contributed by atoms with van der Waals surface area (Å²) < 4.78 is 27.7. The molecule has 0 saturated carbocycles. The highest BCUT2D eigenvalue weighted by Crippen LogP contribution is 2.27. The molecule has 0 saturated heterocycles. The van der Waals surface area contributed by atoms with Gasteiger partial charge in [-0.2, -0.15) is 0 Å². The van der Waals surface area contributed by atoms with Crippen molar-refractivity contribution in [2.24, 2.45) is 11.7 Å². The molecule has 1 aromatic rings. The normalized spacial score (nSPS) is 15.0. The molecular weight excluding hydrogens is 246 g/mol. The van der Waals surface area contributed by atoms with Crippen LogP contribution in [0.25, 0.3) is 0 Å². The van der Waals surface area contributed by atoms with Gasteiger partial charge in [0.2, 0.25) is 0 Å². The molecule has 0 bridgehead atoms. The van der Waals surface area contributed by atoms with Crippen molar-refractivity contribution in [1.29, 1.82) is 0 Å². The van der Waals surface area contributed by atoms with Crippen molar-refractivity contribution >= 4 is 0 Å². The second kappa shape index (κ2) is 6.96. The Kier molecular flexibility index (Phi) is 5.88. The summed E-state index contributed by atoms with van der Waals surface area (Å²) in [6.45, 7) is 6.51. The van der Waals surface area contributed by atoms with E-state index in [1.54, 1.807) is 0 Å². The average Bonchev–Trinajstić information content (AvgIpc) is 2.32. The minimum Gasteiger partial charge on any atom is -0.329 e. The van der Waals surface area contributed by atoms with Gasteiger partial charge in [-0.05, 0) is 38.4 Å². The number of hydrogen-bond acceptors (Lipinski definition) is 2. The summed E-state index contributed by atoms with van der Waals surface area (Å²) in [5.74, 6) is -0.528. The maximum absolute atomic E-state index is 13.9. The van der Waals surface area contributed by atoms with Crippen LogP contribution in [0.5, 0.6) is 0 Å². The molecule has 2 unspecified atom stereocenters. The average molecular weight is 270 g/mol. The van der Waals surface area contributed by atoms with Gasteiger partial charge in [0, 0.05) is 18.2 Å². The van der Waals surface area contributed by atoms with Crippen molar-refractivity contribution in [3.05, 3.63) is 35.4 Å². The van der Waals surface area contributed by atoms with Crippen molar-refractivity contribution in [3.8, 4) is 0 Å². The van der Waals surface area contributed by atoms with Crippen molar-refractivity contribution in [2.45, 2.75) is 39.3 Å². The lowest BCUT2D eigenvalue weighted by atomic mass is 9.99. The van der Waals surface area contributed by atoms with Crippen LogP contribution in [-0.2, 0) is 0 Å². The van der Waals surface area contributed by atoms with E-state index in [-0.39, 0.29) is 18.2 Å². The summed E-state index contributed by atoms with van der Waals surface area (Å²) in [5.41, 5.74) is 5.81. The SMILES string of the molecule is CC(C)CC(C)N(C)C(CN)c1c(F)cccc1F. The molecule has 0 aliphatic carbocycles. The van der Waals surface area contributed by atoms with Gasteiger partial charge in [0.05, 0.1) is 6.04 Å². The third-order valence-electron chi connectivity index (χ3n) is 3.56. The predicted octanol–water partition coefficient (Wildman–Crippen LogP) is 3.33. The molecule has 0 aliphatic heterocycles. The molecule has 19 heavy (non-hydrogen) atoms. The quantitative estimate of drug-likeness (QED) is 0.859. The van der Waals surface area contributed by atoms with Gasteiger partial charge in [0.15, 0.2) is 0 Å². The van der Waals surface area contributed by atoms with E-state index in [1.165, 1.54) is 18.2 Å². The molecule has 108 valence electrons. The van der Waals surface area contributed by atoms with Gasteiger partial charge in [-0.3, -0.25) is 4.90 Å². The highest BCUT2D eigenvalue weighted by Gasteiger charge is 2.26. The van der Waals surface area contributed by atoms with Crippen LogP contribution in [0.15, 0.2) is 18.2 Å². The maximum Gasteiger partial charge on any atom is 0.130 e. The van der Waals surface area contributed by atoms with Gasteiger partial charge in [-0.1, -0.05) is 19.9 Å². The van der Waals surface area contributed by atoms with Gasteiger partial charge in [0.1, 0.15) is 11.6 Å². The molecule has 0 aromatic heterocycles. The van der Waals surface area contributed by atoms with Crippen LogP contribution >= 0.6 is 0 Å². The monoisotopic (exact) mass is 270 g/mol. The first-order chi connectivity index (χ1) is 8.88. The molecule has 0 heterocycles. The summed E-state index contributed by atoms with van der Waals surface area (Å²) in [4.78, 5) is 1.96. The number of halogens is 2. The lowest BCUT2D eigenvalue weighted by Gasteiger charge is -2.34. The van der Waals surface area contributed by atoms with Gasteiger partial charge >= 0.3 is 0 Å². The number of hydrogen-bond donors (Lipinski definition) is 1. The minimum atomic E-state index is -0.529. The van der Waals surface area contributed by atoms with Gasteiger partial charge < -0.3 is 5.73 Å². The molecule has 1 aromatic carbocycles. The first-order valence-corrected chi connectivity index (χ1v) is 6.74. The highest BCUT2D eigenvalue weighted by atomic mass is 19.1. The van der Waals surface area contributed by atoms with Crippen molar-refractivity contribution in [2.75, 3.05) is 13.6 Å². The van der Waals surface area contributed by atoms with Crippen molar-refractivity contribution in [1.82, 2.24) is 4.90 Å². The minimum absolute atomic E-state index is 0.0723. The summed E-state index contributed by atoms with van der Waals surface area (Å²) in [7, 11) is 1.87. The first kappa shape index (κ1) is 16.1. The molecular formula is C15H24F2N2. The summed E-state index contributed by atoms with van der Waals surface area (Å²) in [6, 6.07) is 3.71. The lowest BCUT2D eigenvalue weighted by Crippen LogP contribution is -2.38. The molecule has 2 atom stereocenters. The maximum atomic E-state index is 13.9. The summed E-state index contributed by atoms with van der Waals surface area (Å²) >= 11 is 0. The lowest BCUT2D eigenvalue weighted by molar-refractivity contribution is 0.162. The fourth-order valence-electron chi connectivity index (χ4n) is 2.47. The van der Waals surface area contributed by atoms with Crippen LogP contribution in [-0.4, -0.2) is 24.5 Å². The molecule has 4 heteroatoms. The van der Waals surface area contributed by atoms with Crippen LogP contribution < -0.4 is 5.73 Å². The molecule has 0 fully saturated rings. The Labute approximate surface area is 114 Å². The molecule has 1 rings (SSSR count). The molecule has 2 nitrogen and oxygen atoms in total. The van der Waals surface area contributed by atoms with Gasteiger partial charge in [-0.15, -0.1) is 0 Å². The van der Waals surface area contributed by atoms with Crippen LogP contribution in [0.1, 0.15) is 38.8 Å². The molecule has 0 amide bonds. The second-order valence-corrected chi connectivity index (χ2v) is 5.53. The Morgan fingerprint density at radius 2 is 1.68 bits per heavy atom. The van der Waals surface area contributed by atoms with E-state index in [0.717, 1.165) is 6.42 Å². The summed E-state index contributed by atoms with van der Waals surface area (Å²) in [5, 5.41) is 0. The van der Waals surface area contributed by atoms with Crippen LogP contribution in [0.2, 0.25) is 0 Å². The van der Waals surface area contributed by atoms with Crippen LogP contribution in [0.3, 0.4) is 0 Å². The summed E-state index contributed by atoms with van der Waals surface area (Å²) in [6.07, 6.45) is 0.961. The van der Waals surface area contributed by atoms with Gasteiger partial charge in [-0.25, -0.2) is 8.78 Å². The Morgan fingerprint density at radius 3 is 2.11 bits per heavy atom. The standard InChI is InChI=1S/C15H24F2N2/c1-10(2)8-11(3)19(4)14(9-18)15-12(16)6-5-7-13(15)17/h5-7,10-11,14H,8-9,18H2,1-4H3.